The van der Waals surface area contributed by atoms with Crippen LogP contribution in [0.15, 0.2) is 18.2 Å². The van der Waals surface area contributed by atoms with Gasteiger partial charge in [-0.1, -0.05) is 11.6 Å². The smallest absolute Gasteiger partial charge is 0.128 e. The van der Waals surface area contributed by atoms with Gasteiger partial charge in [0.1, 0.15) is 5.82 Å². The van der Waals surface area contributed by atoms with Crippen LogP contribution in [0.4, 0.5) is 4.39 Å². The molecule has 0 aromatic heterocycles. The molecule has 1 atom stereocenters. The van der Waals surface area contributed by atoms with E-state index in [-0.39, 0.29) is 11.9 Å². The number of benzene rings is 1. The number of halogens is 2. The fourth-order valence-corrected chi connectivity index (χ4v) is 2.28. The minimum atomic E-state index is -0.699. The molecule has 2 nitrogen and oxygen atoms in total. The predicted molar refractivity (Wildman–Crippen MR) is 67.2 cm³/mol. The van der Waals surface area contributed by atoms with E-state index in [0.29, 0.717) is 10.6 Å². The van der Waals surface area contributed by atoms with Crippen LogP contribution in [0.2, 0.25) is 5.02 Å². The molecule has 1 rings (SSSR count). The molecule has 0 N–H and O–H groups in total. The van der Waals surface area contributed by atoms with Gasteiger partial charge in [0.2, 0.25) is 0 Å². The third-order valence-corrected chi connectivity index (χ3v) is 2.98. The number of nitriles is 1. The summed E-state index contributed by atoms with van der Waals surface area (Å²) in [5.74, 6) is -0.337. The monoisotopic (exact) mass is 254 g/mol. The molecule has 1 aromatic carbocycles. The van der Waals surface area contributed by atoms with Crippen molar-refractivity contribution in [3.05, 3.63) is 34.6 Å². The number of rotatable bonds is 3. The third kappa shape index (κ3) is 2.96. The Balaban J connectivity index is 3.34. The lowest BCUT2D eigenvalue weighted by Crippen LogP contribution is -2.33. The highest BCUT2D eigenvalue weighted by Gasteiger charge is 2.34. The van der Waals surface area contributed by atoms with E-state index in [9.17, 15) is 9.65 Å². The Bertz CT molecular complexity index is 449. The van der Waals surface area contributed by atoms with Crippen LogP contribution in [0.5, 0.6) is 0 Å². The molecule has 17 heavy (non-hydrogen) atoms. The molecule has 4 heteroatoms. The van der Waals surface area contributed by atoms with Crippen molar-refractivity contribution in [3.63, 3.8) is 0 Å². The van der Waals surface area contributed by atoms with E-state index >= 15 is 0 Å². The van der Waals surface area contributed by atoms with Crippen molar-refractivity contribution in [1.29, 1.82) is 5.26 Å². The average Bonchev–Trinajstić information content (AvgIpc) is 2.22. The van der Waals surface area contributed by atoms with Crippen molar-refractivity contribution in [2.75, 3.05) is 14.1 Å². The van der Waals surface area contributed by atoms with Crippen molar-refractivity contribution in [3.8, 4) is 6.07 Å². The van der Waals surface area contributed by atoms with Crippen molar-refractivity contribution in [2.24, 2.45) is 5.41 Å². The van der Waals surface area contributed by atoms with E-state index in [1.54, 1.807) is 19.9 Å². The van der Waals surface area contributed by atoms with E-state index in [1.807, 2.05) is 19.0 Å². The Morgan fingerprint density at radius 2 is 2.00 bits per heavy atom. The Morgan fingerprint density at radius 3 is 2.47 bits per heavy atom. The Morgan fingerprint density at radius 1 is 1.41 bits per heavy atom. The van der Waals surface area contributed by atoms with Gasteiger partial charge in [-0.3, -0.25) is 0 Å². The largest absolute Gasteiger partial charge is 0.301 e. The maximum absolute atomic E-state index is 13.9. The molecule has 0 bridgehead atoms. The van der Waals surface area contributed by atoms with Gasteiger partial charge in [-0.05, 0) is 46.1 Å². The minimum Gasteiger partial charge on any atom is -0.301 e. The summed E-state index contributed by atoms with van der Waals surface area (Å²) in [6.07, 6.45) is 0. The van der Waals surface area contributed by atoms with Gasteiger partial charge >= 0.3 is 0 Å². The first-order chi connectivity index (χ1) is 7.79. The third-order valence-electron chi connectivity index (χ3n) is 2.74. The fourth-order valence-electron chi connectivity index (χ4n) is 2.10. The summed E-state index contributed by atoms with van der Waals surface area (Å²) in [7, 11) is 3.65. The summed E-state index contributed by atoms with van der Waals surface area (Å²) < 4.78 is 13.9. The molecule has 1 aromatic rings. The van der Waals surface area contributed by atoms with E-state index < -0.39 is 5.41 Å². The molecule has 0 spiro atoms. The molecule has 0 radical (unpaired) electrons. The van der Waals surface area contributed by atoms with Gasteiger partial charge in [0, 0.05) is 10.6 Å². The number of hydrogen-bond acceptors (Lipinski definition) is 2. The van der Waals surface area contributed by atoms with Crippen molar-refractivity contribution in [1.82, 2.24) is 4.90 Å². The standard InChI is InChI=1S/C13H16ClFN2/c1-13(2,8-16)12(17(3)4)10-7-9(14)5-6-11(10)15/h5-7,12H,1-4H3. The minimum absolute atomic E-state index is 0.337. The van der Waals surface area contributed by atoms with Crippen LogP contribution >= 0.6 is 11.6 Å². The molecule has 1 unspecified atom stereocenters. The van der Waals surface area contributed by atoms with Crippen LogP contribution in [-0.4, -0.2) is 19.0 Å². The highest BCUT2D eigenvalue weighted by molar-refractivity contribution is 6.30. The van der Waals surface area contributed by atoms with Gasteiger partial charge in [0.15, 0.2) is 0 Å². The summed E-state index contributed by atoms with van der Waals surface area (Å²) in [6.45, 7) is 3.58. The van der Waals surface area contributed by atoms with Gasteiger partial charge in [-0.15, -0.1) is 0 Å². The maximum atomic E-state index is 13.9. The molecular weight excluding hydrogens is 239 g/mol. The highest BCUT2D eigenvalue weighted by atomic mass is 35.5. The molecule has 0 aliphatic carbocycles. The zero-order valence-electron chi connectivity index (χ0n) is 10.5. The van der Waals surface area contributed by atoms with Crippen LogP contribution < -0.4 is 0 Å². The second kappa shape index (κ2) is 5.03. The summed E-state index contributed by atoms with van der Waals surface area (Å²) in [6, 6.07) is 6.30. The van der Waals surface area contributed by atoms with Crippen LogP contribution in [0.3, 0.4) is 0 Å². The van der Waals surface area contributed by atoms with Crippen LogP contribution in [0.25, 0.3) is 0 Å². The lowest BCUT2D eigenvalue weighted by Gasteiger charge is -2.34. The summed E-state index contributed by atoms with van der Waals surface area (Å²) in [5, 5.41) is 9.68. The molecular formula is C13H16ClFN2. The summed E-state index contributed by atoms with van der Waals surface area (Å²) >= 11 is 5.89. The van der Waals surface area contributed by atoms with Gasteiger partial charge in [0.25, 0.3) is 0 Å². The molecule has 92 valence electrons. The Kier molecular flexibility index (Phi) is 4.13. The Labute approximate surface area is 107 Å². The highest BCUT2D eigenvalue weighted by Crippen LogP contribution is 2.38. The van der Waals surface area contributed by atoms with Gasteiger partial charge in [0.05, 0.1) is 17.5 Å². The predicted octanol–water partition coefficient (Wildman–Crippen LogP) is 3.63. The quantitative estimate of drug-likeness (QED) is 0.824. The van der Waals surface area contributed by atoms with E-state index in [4.69, 9.17) is 11.6 Å². The number of hydrogen-bond donors (Lipinski definition) is 0. The zero-order chi connectivity index (χ0) is 13.2. The normalized spacial score (nSPS) is 13.5. The van der Waals surface area contributed by atoms with Gasteiger partial charge < -0.3 is 4.90 Å². The lowest BCUT2D eigenvalue weighted by molar-refractivity contribution is 0.180. The first kappa shape index (κ1) is 14.0. The summed E-state index contributed by atoms with van der Waals surface area (Å²) in [4.78, 5) is 1.83. The number of nitrogens with zero attached hydrogens (tertiary/aromatic N) is 2. The molecule has 0 saturated carbocycles. The van der Waals surface area contributed by atoms with Crippen molar-refractivity contribution >= 4 is 11.6 Å². The second-order valence-electron chi connectivity index (χ2n) is 4.87. The second-order valence-corrected chi connectivity index (χ2v) is 5.30. The van der Waals surface area contributed by atoms with E-state index in [0.717, 1.165) is 0 Å². The molecule has 0 fully saturated rings. The van der Waals surface area contributed by atoms with Crippen LogP contribution in [-0.2, 0) is 0 Å². The Hall–Kier alpha value is -1.11. The SMILES string of the molecule is CN(C)C(c1cc(Cl)ccc1F)C(C)(C)C#N. The van der Waals surface area contributed by atoms with Crippen LogP contribution in [0.1, 0.15) is 25.5 Å². The van der Waals surface area contributed by atoms with Crippen molar-refractivity contribution in [2.45, 2.75) is 19.9 Å². The molecule has 0 heterocycles. The van der Waals surface area contributed by atoms with E-state index in [1.165, 1.54) is 12.1 Å². The molecule has 0 aliphatic heterocycles. The average molecular weight is 255 g/mol. The first-order valence-electron chi connectivity index (χ1n) is 5.32. The first-order valence-corrected chi connectivity index (χ1v) is 5.70. The topological polar surface area (TPSA) is 27.0 Å². The zero-order valence-corrected chi connectivity index (χ0v) is 11.2. The molecule has 0 saturated heterocycles. The molecule has 0 amide bonds. The maximum Gasteiger partial charge on any atom is 0.128 e. The van der Waals surface area contributed by atoms with E-state index in [2.05, 4.69) is 6.07 Å². The lowest BCUT2D eigenvalue weighted by atomic mass is 9.81. The van der Waals surface area contributed by atoms with Crippen molar-refractivity contribution < 1.29 is 4.39 Å². The summed E-state index contributed by atoms with van der Waals surface area (Å²) in [5.41, 5.74) is -0.247. The molecule has 0 aliphatic rings. The fraction of sp³-hybridized carbons (Fsp3) is 0.462. The van der Waals surface area contributed by atoms with Gasteiger partial charge in [-0.25, -0.2) is 4.39 Å². The van der Waals surface area contributed by atoms with Gasteiger partial charge in [-0.2, -0.15) is 5.26 Å². The van der Waals surface area contributed by atoms with Crippen LogP contribution in [0, 0.1) is 22.6 Å².